The minimum atomic E-state index is -0.772. The molecule has 0 saturated carbocycles. The third-order valence-corrected chi connectivity index (χ3v) is 3.42. The van der Waals surface area contributed by atoms with Crippen molar-refractivity contribution in [3.05, 3.63) is 35.4 Å². The molecule has 0 fully saturated rings. The molecule has 2 heteroatoms. The van der Waals surface area contributed by atoms with Crippen LogP contribution in [0, 0.1) is 0 Å². The molecule has 0 spiro atoms. The molecule has 88 valence electrons. The normalized spacial score (nSPS) is 13.5. The van der Waals surface area contributed by atoms with E-state index in [0.29, 0.717) is 0 Å². The summed E-state index contributed by atoms with van der Waals surface area (Å²) >= 11 is 0. The highest BCUT2D eigenvalue weighted by atomic mass is 16.4. The van der Waals surface area contributed by atoms with Gasteiger partial charge in [-0.05, 0) is 29.9 Å². The van der Waals surface area contributed by atoms with E-state index in [1.165, 1.54) is 5.56 Å². The number of carbonyl (C=O) groups is 1. The molecule has 2 nitrogen and oxygen atoms in total. The van der Waals surface area contributed by atoms with Gasteiger partial charge < -0.3 is 5.11 Å². The van der Waals surface area contributed by atoms with Crippen LogP contribution in [0.1, 0.15) is 51.2 Å². The second-order valence-corrected chi connectivity index (χ2v) is 4.92. The minimum Gasteiger partial charge on any atom is -0.481 e. The summed E-state index contributed by atoms with van der Waals surface area (Å²) in [6, 6.07) is 7.92. The average molecular weight is 220 g/mol. The SMILES string of the molecule is CCC(C)(C)c1cccc(C(C)C(=O)O)c1. The van der Waals surface area contributed by atoms with Gasteiger partial charge in [-0.2, -0.15) is 0 Å². The lowest BCUT2D eigenvalue weighted by Gasteiger charge is -2.24. The Balaban J connectivity index is 3.09. The van der Waals surface area contributed by atoms with Gasteiger partial charge in [0, 0.05) is 0 Å². The molecule has 0 bridgehead atoms. The van der Waals surface area contributed by atoms with Crippen LogP contribution in [0.15, 0.2) is 24.3 Å². The van der Waals surface area contributed by atoms with Gasteiger partial charge in [-0.3, -0.25) is 4.79 Å². The Hall–Kier alpha value is -1.31. The first kappa shape index (κ1) is 12.8. The predicted octanol–water partition coefficient (Wildman–Crippen LogP) is 3.56. The molecule has 0 heterocycles. The largest absolute Gasteiger partial charge is 0.481 e. The molecule has 0 aromatic heterocycles. The molecule has 0 saturated heterocycles. The van der Waals surface area contributed by atoms with Crippen LogP contribution in [-0.4, -0.2) is 11.1 Å². The van der Waals surface area contributed by atoms with Crippen molar-refractivity contribution < 1.29 is 9.90 Å². The predicted molar refractivity (Wildman–Crippen MR) is 65.8 cm³/mol. The van der Waals surface area contributed by atoms with Crippen LogP contribution in [-0.2, 0) is 10.2 Å². The van der Waals surface area contributed by atoms with Crippen LogP contribution >= 0.6 is 0 Å². The third-order valence-electron chi connectivity index (χ3n) is 3.42. The molecule has 1 rings (SSSR count). The van der Waals surface area contributed by atoms with Crippen molar-refractivity contribution in [2.75, 3.05) is 0 Å². The van der Waals surface area contributed by atoms with Gasteiger partial charge in [0.1, 0.15) is 0 Å². The van der Waals surface area contributed by atoms with Crippen LogP contribution in [0.3, 0.4) is 0 Å². The van der Waals surface area contributed by atoms with Crippen molar-refractivity contribution >= 4 is 5.97 Å². The van der Waals surface area contributed by atoms with Gasteiger partial charge in [0.25, 0.3) is 0 Å². The van der Waals surface area contributed by atoms with Crippen LogP contribution < -0.4 is 0 Å². The highest BCUT2D eigenvalue weighted by molar-refractivity contribution is 5.75. The van der Waals surface area contributed by atoms with E-state index in [2.05, 4.69) is 26.8 Å². The van der Waals surface area contributed by atoms with E-state index in [-0.39, 0.29) is 5.41 Å². The maximum Gasteiger partial charge on any atom is 0.310 e. The number of carboxylic acids is 1. The molecule has 0 aliphatic heterocycles. The summed E-state index contributed by atoms with van der Waals surface area (Å²) in [7, 11) is 0. The fraction of sp³-hybridized carbons (Fsp3) is 0.500. The summed E-state index contributed by atoms with van der Waals surface area (Å²) in [4.78, 5) is 10.9. The van der Waals surface area contributed by atoms with E-state index < -0.39 is 11.9 Å². The summed E-state index contributed by atoms with van der Waals surface area (Å²) in [5.74, 6) is -1.21. The summed E-state index contributed by atoms with van der Waals surface area (Å²) < 4.78 is 0. The molecule has 0 amide bonds. The number of benzene rings is 1. The van der Waals surface area contributed by atoms with Gasteiger partial charge in [-0.1, -0.05) is 45.0 Å². The van der Waals surface area contributed by atoms with Crippen molar-refractivity contribution in [2.24, 2.45) is 0 Å². The Kier molecular flexibility index (Phi) is 3.74. The first-order valence-electron chi connectivity index (χ1n) is 5.71. The van der Waals surface area contributed by atoms with Crippen LogP contribution in [0.2, 0.25) is 0 Å². The highest BCUT2D eigenvalue weighted by Crippen LogP contribution is 2.29. The Morgan fingerprint density at radius 3 is 2.56 bits per heavy atom. The second-order valence-electron chi connectivity index (χ2n) is 4.92. The molecule has 1 unspecified atom stereocenters. The molecule has 16 heavy (non-hydrogen) atoms. The van der Waals surface area contributed by atoms with Crippen molar-refractivity contribution in [1.82, 2.24) is 0 Å². The molecule has 0 radical (unpaired) electrons. The van der Waals surface area contributed by atoms with Crippen molar-refractivity contribution in [1.29, 1.82) is 0 Å². The second kappa shape index (κ2) is 4.69. The van der Waals surface area contributed by atoms with Crippen molar-refractivity contribution in [3.63, 3.8) is 0 Å². The third kappa shape index (κ3) is 2.63. The standard InChI is InChI=1S/C14H20O2/c1-5-14(3,4)12-8-6-7-11(9-12)10(2)13(15)16/h6-10H,5H2,1-4H3,(H,15,16). The fourth-order valence-electron chi connectivity index (χ4n) is 1.58. The summed E-state index contributed by atoms with van der Waals surface area (Å²) in [5.41, 5.74) is 2.20. The van der Waals surface area contributed by atoms with Gasteiger partial charge in [0.15, 0.2) is 0 Å². The number of carboxylic acid groups (broad SMARTS) is 1. The molecular weight excluding hydrogens is 200 g/mol. The van der Waals surface area contributed by atoms with Gasteiger partial charge in [0.05, 0.1) is 5.92 Å². The molecule has 1 N–H and O–H groups in total. The number of hydrogen-bond donors (Lipinski definition) is 1. The lowest BCUT2D eigenvalue weighted by atomic mass is 9.81. The van der Waals surface area contributed by atoms with E-state index in [9.17, 15) is 4.79 Å². The molecule has 1 aromatic rings. The summed E-state index contributed by atoms with van der Waals surface area (Å²) in [6.07, 6.45) is 1.04. The Bertz CT molecular complexity index is 380. The quantitative estimate of drug-likeness (QED) is 0.842. The van der Waals surface area contributed by atoms with Gasteiger partial charge in [-0.25, -0.2) is 0 Å². The average Bonchev–Trinajstić information content (AvgIpc) is 2.28. The molecule has 0 aliphatic rings. The zero-order chi connectivity index (χ0) is 12.3. The first-order valence-corrected chi connectivity index (χ1v) is 5.71. The maximum absolute atomic E-state index is 10.9. The van der Waals surface area contributed by atoms with Crippen LogP contribution in [0.4, 0.5) is 0 Å². The Labute approximate surface area is 97.3 Å². The first-order chi connectivity index (χ1) is 7.38. The number of hydrogen-bond acceptors (Lipinski definition) is 1. The van der Waals surface area contributed by atoms with Crippen molar-refractivity contribution in [3.8, 4) is 0 Å². The maximum atomic E-state index is 10.9. The van der Waals surface area contributed by atoms with E-state index >= 15 is 0 Å². The van der Waals surface area contributed by atoms with Crippen LogP contribution in [0.5, 0.6) is 0 Å². The zero-order valence-electron chi connectivity index (χ0n) is 10.4. The topological polar surface area (TPSA) is 37.3 Å². The number of aliphatic carboxylic acids is 1. The van der Waals surface area contributed by atoms with Gasteiger partial charge >= 0.3 is 5.97 Å². The van der Waals surface area contributed by atoms with E-state index in [1.54, 1.807) is 6.92 Å². The highest BCUT2D eigenvalue weighted by Gasteiger charge is 2.20. The smallest absolute Gasteiger partial charge is 0.310 e. The van der Waals surface area contributed by atoms with Crippen molar-refractivity contribution in [2.45, 2.75) is 45.4 Å². The molecule has 1 atom stereocenters. The molecule has 0 aliphatic carbocycles. The Morgan fingerprint density at radius 2 is 2.06 bits per heavy atom. The lowest BCUT2D eigenvalue weighted by Crippen LogP contribution is -2.16. The summed E-state index contributed by atoms with van der Waals surface area (Å²) in [6.45, 7) is 8.22. The van der Waals surface area contributed by atoms with Gasteiger partial charge in [-0.15, -0.1) is 0 Å². The van der Waals surface area contributed by atoms with Gasteiger partial charge in [0.2, 0.25) is 0 Å². The molecule has 1 aromatic carbocycles. The Morgan fingerprint density at radius 1 is 1.44 bits per heavy atom. The zero-order valence-corrected chi connectivity index (χ0v) is 10.4. The number of rotatable bonds is 4. The van der Waals surface area contributed by atoms with E-state index in [0.717, 1.165) is 12.0 Å². The van der Waals surface area contributed by atoms with E-state index in [1.807, 2.05) is 18.2 Å². The minimum absolute atomic E-state index is 0.105. The summed E-state index contributed by atoms with van der Waals surface area (Å²) in [5, 5.41) is 8.99. The molecular formula is C14H20O2. The lowest BCUT2D eigenvalue weighted by molar-refractivity contribution is -0.138. The monoisotopic (exact) mass is 220 g/mol. The fourth-order valence-corrected chi connectivity index (χ4v) is 1.58. The van der Waals surface area contributed by atoms with Crippen LogP contribution in [0.25, 0.3) is 0 Å². The van der Waals surface area contributed by atoms with E-state index in [4.69, 9.17) is 5.11 Å².